The van der Waals surface area contributed by atoms with E-state index >= 15 is 0 Å². The summed E-state index contributed by atoms with van der Waals surface area (Å²) in [6.07, 6.45) is 5.47. The summed E-state index contributed by atoms with van der Waals surface area (Å²) < 4.78 is 0. The van der Waals surface area contributed by atoms with Crippen molar-refractivity contribution < 1.29 is 5.11 Å². The minimum absolute atomic E-state index is 0.190. The normalized spacial score (nSPS) is 43.9. The molecule has 2 rings (SSSR count). The fourth-order valence-corrected chi connectivity index (χ4v) is 3.82. The SMILES string of the molecule is C=C1CCC[C@@]2(C)C[C@H](O)[C@H](C(=C)C)C[C@H]12. The lowest BCUT2D eigenvalue weighted by Crippen LogP contribution is -2.44. The van der Waals surface area contributed by atoms with Gasteiger partial charge in [0.05, 0.1) is 6.10 Å². The van der Waals surface area contributed by atoms with Crippen molar-refractivity contribution in [2.75, 3.05) is 0 Å². The van der Waals surface area contributed by atoms with Gasteiger partial charge < -0.3 is 5.11 Å². The topological polar surface area (TPSA) is 20.2 Å². The molecule has 0 unspecified atom stereocenters. The number of fused-ring (bicyclic) bond motifs is 1. The maximum absolute atomic E-state index is 10.2. The molecule has 0 saturated heterocycles. The fourth-order valence-electron chi connectivity index (χ4n) is 3.82. The molecule has 0 aromatic carbocycles. The number of allylic oxidation sites excluding steroid dienone is 1. The summed E-state index contributed by atoms with van der Waals surface area (Å²) in [5.74, 6) is 0.888. The highest BCUT2D eigenvalue weighted by Crippen LogP contribution is 2.54. The predicted molar refractivity (Wildman–Crippen MR) is 68.1 cm³/mol. The van der Waals surface area contributed by atoms with Gasteiger partial charge in [0.1, 0.15) is 0 Å². The number of aliphatic hydroxyl groups excluding tert-OH is 1. The molecule has 4 atom stereocenters. The molecule has 0 bridgehead atoms. The summed E-state index contributed by atoms with van der Waals surface area (Å²) in [7, 11) is 0. The molecule has 1 heteroatoms. The van der Waals surface area contributed by atoms with Crippen molar-refractivity contribution in [3.8, 4) is 0 Å². The Morgan fingerprint density at radius 1 is 1.50 bits per heavy atom. The van der Waals surface area contributed by atoms with Gasteiger partial charge in [0.25, 0.3) is 0 Å². The average Bonchev–Trinajstić information content (AvgIpc) is 2.15. The Morgan fingerprint density at radius 2 is 2.19 bits per heavy atom. The molecule has 0 spiro atoms. The molecule has 2 fully saturated rings. The monoisotopic (exact) mass is 220 g/mol. The Labute approximate surface area is 99.3 Å². The average molecular weight is 220 g/mol. The molecule has 0 aromatic rings. The van der Waals surface area contributed by atoms with Crippen LogP contribution in [0.15, 0.2) is 24.3 Å². The van der Waals surface area contributed by atoms with E-state index in [0.717, 1.165) is 18.4 Å². The first kappa shape index (κ1) is 11.9. The standard InChI is InChI=1S/C15H24O/c1-10(2)12-8-13-11(3)6-5-7-15(13,4)9-14(12)16/h12-14,16H,1,3,5-9H2,2,4H3/t12-,13+,14-,15-/m0/s1. The third kappa shape index (κ3) is 1.86. The maximum atomic E-state index is 10.2. The summed E-state index contributed by atoms with van der Waals surface area (Å²) in [5, 5.41) is 10.2. The highest BCUT2D eigenvalue weighted by atomic mass is 16.3. The highest BCUT2D eigenvalue weighted by Gasteiger charge is 2.46. The van der Waals surface area contributed by atoms with Crippen LogP contribution in [-0.2, 0) is 0 Å². The first-order valence-corrected chi connectivity index (χ1v) is 6.45. The quantitative estimate of drug-likeness (QED) is 0.668. The fraction of sp³-hybridized carbons (Fsp3) is 0.733. The molecule has 0 radical (unpaired) electrons. The second-order valence-electron chi connectivity index (χ2n) is 6.18. The third-order valence-corrected chi connectivity index (χ3v) is 4.84. The van der Waals surface area contributed by atoms with Gasteiger partial charge in [0.15, 0.2) is 0 Å². The molecule has 16 heavy (non-hydrogen) atoms. The molecule has 0 aromatic heterocycles. The summed E-state index contributed by atoms with van der Waals surface area (Å²) in [6.45, 7) is 12.7. The van der Waals surface area contributed by atoms with Crippen LogP contribution in [0.3, 0.4) is 0 Å². The van der Waals surface area contributed by atoms with E-state index < -0.39 is 0 Å². The third-order valence-electron chi connectivity index (χ3n) is 4.84. The van der Waals surface area contributed by atoms with E-state index in [-0.39, 0.29) is 12.0 Å². The lowest BCUT2D eigenvalue weighted by Gasteiger charge is -2.50. The number of aliphatic hydroxyl groups is 1. The van der Waals surface area contributed by atoms with Crippen molar-refractivity contribution in [3.05, 3.63) is 24.3 Å². The summed E-state index contributed by atoms with van der Waals surface area (Å²) in [4.78, 5) is 0. The smallest absolute Gasteiger partial charge is 0.0610 e. The number of hydrogen-bond donors (Lipinski definition) is 1. The molecule has 1 nitrogen and oxygen atoms in total. The van der Waals surface area contributed by atoms with E-state index in [9.17, 15) is 5.11 Å². The second kappa shape index (κ2) is 4.03. The van der Waals surface area contributed by atoms with Gasteiger partial charge in [0.2, 0.25) is 0 Å². The summed E-state index contributed by atoms with van der Waals surface area (Å²) in [6, 6.07) is 0. The van der Waals surface area contributed by atoms with Crippen LogP contribution in [0.1, 0.15) is 46.0 Å². The molecule has 0 heterocycles. The zero-order valence-electron chi connectivity index (χ0n) is 10.6. The highest BCUT2D eigenvalue weighted by molar-refractivity contribution is 5.17. The zero-order valence-corrected chi connectivity index (χ0v) is 10.6. The van der Waals surface area contributed by atoms with E-state index in [1.807, 2.05) is 6.92 Å². The van der Waals surface area contributed by atoms with E-state index in [2.05, 4.69) is 20.1 Å². The van der Waals surface area contributed by atoms with Crippen LogP contribution < -0.4 is 0 Å². The molecule has 2 aliphatic rings. The molecule has 2 aliphatic carbocycles. The van der Waals surface area contributed by atoms with Crippen LogP contribution in [0.4, 0.5) is 0 Å². The molecule has 90 valence electrons. The van der Waals surface area contributed by atoms with Gasteiger partial charge in [-0.05, 0) is 50.4 Å². The summed E-state index contributed by atoms with van der Waals surface area (Å²) >= 11 is 0. The molecule has 1 N–H and O–H groups in total. The minimum atomic E-state index is -0.190. The molecule has 0 aliphatic heterocycles. The van der Waals surface area contributed by atoms with E-state index in [0.29, 0.717) is 11.3 Å². The zero-order chi connectivity index (χ0) is 11.9. The maximum Gasteiger partial charge on any atom is 0.0610 e. The van der Waals surface area contributed by atoms with Crippen LogP contribution in [0.5, 0.6) is 0 Å². The first-order chi connectivity index (χ1) is 7.44. The predicted octanol–water partition coefficient (Wildman–Crippen LogP) is 3.70. The first-order valence-electron chi connectivity index (χ1n) is 6.45. The van der Waals surface area contributed by atoms with Gasteiger partial charge in [-0.25, -0.2) is 0 Å². The van der Waals surface area contributed by atoms with Crippen molar-refractivity contribution in [2.45, 2.75) is 52.1 Å². The van der Waals surface area contributed by atoms with Crippen molar-refractivity contribution >= 4 is 0 Å². The van der Waals surface area contributed by atoms with Crippen molar-refractivity contribution in [1.82, 2.24) is 0 Å². The van der Waals surface area contributed by atoms with Gasteiger partial charge in [-0.1, -0.05) is 31.2 Å². The molecular formula is C15H24O. The van der Waals surface area contributed by atoms with Gasteiger partial charge in [0, 0.05) is 5.92 Å². The Bertz CT molecular complexity index is 317. The van der Waals surface area contributed by atoms with Crippen molar-refractivity contribution in [1.29, 1.82) is 0 Å². The Kier molecular flexibility index (Phi) is 3.00. The van der Waals surface area contributed by atoms with Crippen LogP contribution in [0, 0.1) is 17.3 Å². The minimum Gasteiger partial charge on any atom is -0.392 e. The Morgan fingerprint density at radius 3 is 2.81 bits per heavy atom. The molecule has 2 saturated carbocycles. The number of rotatable bonds is 1. The number of hydrogen-bond acceptors (Lipinski definition) is 1. The second-order valence-corrected chi connectivity index (χ2v) is 6.18. The van der Waals surface area contributed by atoms with Gasteiger partial charge in [-0.3, -0.25) is 0 Å². The van der Waals surface area contributed by atoms with Gasteiger partial charge in [-0.2, -0.15) is 0 Å². The van der Waals surface area contributed by atoms with Gasteiger partial charge >= 0.3 is 0 Å². The van der Waals surface area contributed by atoms with E-state index in [1.165, 1.54) is 24.8 Å². The van der Waals surface area contributed by atoms with Crippen LogP contribution >= 0.6 is 0 Å². The molecular weight excluding hydrogens is 196 g/mol. The van der Waals surface area contributed by atoms with Crippen molar-refractivity contribution in [2.24, 2.45) is 17.3 Å². The lowest BCUT2D eigenvalue weighted by atomic mass is 9.55. The molecule has 0 amide bonds. The lowest BCUT2D eigenvalue weighted by molar-refractivity contribution is -0.0210. The Balaban J connectivity index is 2.23. The van der Waals surface area contributed by atoms with Gasteiger partial charge in [-0.15, -0.1) is 0 Å². The van der Waals surface area contributed by atoms with E-state index in [4.69, 9.17) is 0 Å². The van der Waals surface area contributed by atoms with Crippen LogP contribution in [0.25, 0.3) is 0 Å². The van der Waals surface area contributed by atoms with Crippen molar-refractivity contribution in [3.63, 3.8) is 0 Å². The largest absolute Gasteiger partial charge is 0.392 e. The van der Waals surface area contributed by atoms with Crippen LogP contribution in [0.2, 0.25) is 0 Å². The van der Waals surface area contributed by atoms with Crippen LogP contribution in [-0.4, -0.2) is 11.2 Å². The summed E-state index contributed by atoms with van der Waals surface area (Å²) in [5.41, 5.74) is 2.83. The van der Waals surface area contributed by atoms with E-state index in [1.54, 1.807) is 0 Å². The Hall–Kier alpha value is -0.560.